The lowest BCUT2D eigenvalue weighted by Crippen LogP contribution is -2.43. The van der Waals surface area contributed by atoms with Crippen molar-refractivity contribution in [3.05, 3.63) is 47.6 Å². The second-order valence-electron chi connectivity index (χ2n) is 17.9. The Kier molecular flexibility index (Phi) is 20.6. The number of aliphatic hydroxyl groups excluding tert-OH is 2. The SMILES string of the molecule is CC[C@H](OC)[C@@H](C)[C@@H]1C[C@H]1[C@H](O)[C@@H](C)/C=C/C=C(\C)[C@H]1O[C@@H](OCCO[C@@H]2CC[C@H](OC)O[C@@H]2/C(C)=C/C=C/[C@H](C)[C@@H](O)[C@@H]2C[C@H]2[C@H](C)[C@H](CC)OC)CC[C@@H]1OC. The summed E-state index contributed by atoms with van der Waals surface area (Å²) >= 11 is 0. The third-order valence-electron chi connectivity index (χ3n) is 14.0. The van der Waals surface area contributed by atoms with E-state index in [4.69, 9.17) is 37.9 Å². The highest BCUT2D eigenvalue weighted by atomic mass is 16.7. The van der Waals surface area contributed by atoms with E-state index >= 15 is 0 Å². The van der Waals surface area contributed by atoms with Gasteiger partial charge < -0.3 is 48.1 Å². The van der Waals surface area contributed by atoms with E-state index < -0.39 is 0 Å². The maximum atomic E-state index is 11.1. The molecule has 0 amide bonds. The molecular formula is C48H82O10. The fraction of sp³-hybridized carbons (Fsp3) is 0.833. The molecule has 0 aromatic rings. The Hall–Kier alpha value is -1.44. The highest BCUT2D eigenvalue weighted by Gasteiger charge is 2.49. The summed E-state index contributed by atoms with van der Waals surface area (Å²) in [5, 5.41) is 22.2. The average molecular weight is 819 g/mol. The number of allylic oxidation sites excluding steroid dienone is 4. The van der Waals surface area contributed by atoms with Crippen LogP contribution in [0, 0.1) is 47.3 Å². The van der Waals surface area contributed by atoms with E-state index in [-0.39, 0.29) is 73.2 Å². The molecule has 2 aliphatic heterocycles. The van der Waals surface area contributed by atoms with Crippen LogP contribution in [0.2, 0.25) is 0 Å². The highest BCUT2D eigenvalue weighted by Crippen LogP contribution is 2.51. The average Bonchev–Trinajstić information content (AvgIpc) is 4.18. The number of methoxy groups -OCH3 is 4. The Labute approximate surface area is 352 Å². The Bertz CT molecular complexity index is 1310. The smallest absolute Gasteiger partial charge is 0.158 e. The molecule has 2 saturated carbocycles. The molecule has 4 aliphatic rings. The van der Waals surface area contributed by atoms with Crippen LogP contribution in [0.25, 0.3) is 0 Å². The first-order valence-corrected chi connectivity index (χ1v) is 22.5. The molecule has 0 aromatic heterocycles. The summed E-state index contributed by atoms with van der Waals surface area (Å²) in [6.45, 7) is 18.0. The van der Waals surface area contributed by atoms with Crippen molar-refractivity contribution in [1.29, 1.82) is 0 Å². The number of rotatable bonds is 25. The first-order chi connectivity index (χ1) is 27.8. The lowest BCUT2D eigenvalue weighted by atomic mass is 9.91. The molecule has 4 fully saturated rings. The maximum Gasteiger partial charge on any atom is 0.158 e. The molecule has 0 radical (unpaired) electrons. The van der Waals surface area contributed by atoms with Crippen molar-refractivity contribution in [2.45, 2.75) is 168 Å². The van der Waals surface area contributed by atoms with Crippen LogP contribution in [-0.4, -0.2) is 113 Å². The van der Waals surface area contributed by atoms with Gasteiger partial charge in [0.25, 0.3) is 0 Å². The molecule has 18 atom stereocenters. The van der Waals surface area contributed by atoms with Gasteiger partial charge in [0.05, 0.1) is 49.8 Å². The number of ether oxygens (including phenoxy) is 8. The zero-order chi connectivity index (χ0) is 42.5. The summed E-state index contributed by atoms with van der Waals surface area (Å²) in [4.78, 5) is 0. The Morgan fingerprint density at radius 3 is 1.52 bits per heavy atom. The quantitative estimate of drug-likeness (QED) is 0.0688. The third kappa shape index (κ3) is 13.5. The molecule has 0 unspecified atom stereocenters. The Morgan fingerprint density at radius 2 is 1.05 bits per heavy atom. The van der Waals surface area contributed by atoms with Crippen LogP contribution in [0.4, 0.5) is 0 Å². The van der Waals surface area contributed by atoms with Crippen LogP contribution < -0.4 is 0 Å². The lowest BCUT2D eigenvalue weighted by molar-refractivity contribution is -0.231. The highest BCUT2D eigenvalue weighted by molar-refractivity contribution is 5.19. The number of hydrogen-bond acceptors (Lipinski definition) is 10. The van der Waals surface area contributed by atoms with Crippen LogP contribution in [0.15, 0.2) is 47.6 Å². The maximum absolute atomic E-state index is 11.1. The molecule has 0 bridgehead atoms. The summed E-state index contributed by atoms with van der Waals surface area (Å²) in [5.74, 6) is 2.67. The molecule has 2 heterocycles. The van der Waals surface area contributed by atoms with Gasteiger partial charge in [-0.25, -0.2) is 0 Å². The van der Waals surface area contributed by atoms with Crippen LogP contribution in [0.5, 0.6) is 0 Å². The molecule has 10 heteroatoms. The van der Waals surface area contributed by atoms with Gasteiger partial charge in [0.15, 0.2) is 12.6 Å². The van der Waals surface area contributed by atoms with Gasteiger partial charge in [0.1, 0.15) is 12.2 Å². The largest absolute Gasteiger partial charge is 0.392 e. The summed E-state index contributed by atoms with van der Waals surface area (Å²) in [7, 11) is 7.00. The van der Waals surface area contributed by atoms with Crippen LogP contribution in [-0.2, 0) is 37.9 Å². The van der Waals surface area contributed by atoms with Crippen molar-refractivity contribution >= 4 is 0 Å². The van der Waals surface area contributed by atoms with Crippen LogP contribution >= 0.6 is 0 Å². The molecule has 0 aromatic carbocycles. The van der Waals surface area contributed by atoms with Crippen molar-refractivity contribution in [1.82, 2.24) is 0 Å². The van der Waals surface area contributed by atoms with E-state index in [1.807, 2.05) is 12.2 Å². The van der Waals surface area contributed by atoms with E-state index in [1.54, 1.807) is 28.4 Å². The minimum atomic E-state index is -0.369. The van der Waals surface area contributed by atoms with E-state index in [2.05, 4.69) is 79.7 Å². The molecule has 334 valence electrons. The molecule has 0 spiro atoms. The second-order valence-corrected chi connectivity index (χ2v) is 17.9. The lowest BCUT2D eigenvalue weighted by Gasteiger charge is -2.37. The first kappa shape index (κ1) is 49.2. The van der Waals surface area contributed by atoms with Crippen molar-refractivity contribution in [2.75, 3.05) is 41.7 Å². The summed E-state index contributed by atoms with van der Waals surface area (Å²) in [5.41, 5.74) is 2.11. The van der Waals surface area contributed by atoms with Crippen molar-refractivity contribution < 1.29 is 48.1 Å². The van der Waals surface area contributed by atoms with Gasteiger partial charge in [-0.2, -0.15) is 0 Å². The minimum Gasteiger partial charge on any atom is -0.392 e. The summed E-state index contributed by atoms with van der Waals surface area (Å²) in [6, 6.07) is 0. The molecule has 4 rings (SSSR count). The fourth-order valence-electron chi connectivity index (χ4n) is 9.92. The number of aliphatic hydroxyl groups is 2. The normalized spacial score (nSPS) is 35.1. The van der Waals surface area contributed by atoms with Gasteiger partial charge in [-0.15, -0.1) is 0 Å². The number of hydrogen-bond donors (Lipinski definition) is 2. The van der Waals surface area contributed by atoms with E-state index in [0.717, 1.165) is 62.5 Å². The third-order valence-corrected chi connectivity index (χ3v) is 14.0. The van der Waals surface area contributed by atoms with Gasteiger partial charge in [-0.05, 0) is 99.0 Å². The van der Waals surface area contributed by atoms with Crippen LogP contribution in [0.1, 0.15) is 107 Å². The predicted molar refractivity (Wildman–Crippen MR) is 229 cm³/mol. The molecule has 58 heavy (non-hydrogen) atoms. The summed E-state index contributed by atoms with van der Waals surface area (Å²) < 4.78 is 48.2. The van der Waals surface area contributed by atoms with Gasteiger partial charge in [-0.1, -0.05) is 78.0 Å². The predicted octanol–water partition coefficient (Wildman–Crippen LogP) is 8.45. The van der Waals surface area contributed by atoms with E-state index in [0.29, 0.717) is 48.7 Å². The molecule has 2 aliphatic carbocycles. The standard InChI is InChI=1S/C48H82O10/c1-13-39(51-9)33(7)35-27-37(35)45(49)29(3)17-15-19-31(5)47-41(53-11)21-24-44(58-47)56-26-25-55-42-22-23-43(54-12)57-48(42)32(6)20-16-18-30(4)46(50)38-28-36(38)34(8)40(14-2)52-10/h15-20,29-30,33-50H,13-14,21-28H2,1-12H3/b17-15+,18-16+,31-19+,32-20+/t29-,30-,33-,34-,35-,36-,37+,38+,39-,40-,41-,42+,43+,44+,45+,46+,47+,48+/m0/s1. The van der Waals surface area contributed by atoms with Gasteiger partial charge in [0, 0.05) is 53.1 Å². The minimum absolute atomic E-state index is 0.0428. The van der Waals surface area contributed by atoms with E-state index in [9.17, 15) is 10.2 Å². The molecule has 2 N–H and O–H groups in total. The monoisotopic (exact) mass is 819 g/mol. The van der Waals surface area contributed by atoms with Crippen molar-refractivity contribution in [3.8, 4) is 0 Å². The second kappa shape index (κ2) is 24.3. The zero-order valence-corrected chi connectivity index (χ0v) is 38.1. The first-order valence-electron chi connectivity index (χ1n) is 22.5. The molecule has 10 nitrogen and oxygen atoms in total. The van der Waals surface area contributed by atoms with Gasteiger partial charge in [-0.3, -0.25) is 0 Å². The molecular weight excluding hydrogens is 737 g/mol. The summed E-state index contributed by atoms with van der Waals surface area (Å²) in [6.07, 6.45) is 18.1. The zero-order valence-electron chi connectivity index (χ0n) is 38.1. The Morgan fingerprint density at radius 1 is 0.603 bits per heavy atom. The van der Waals surface area contributed by atoms with Gasteiger partial charge in [0.2, 0.25) is 0 Å². The molecule has 2 saturated heterocycles. The Balaban J connectivity index is 1.24. The fourth-order valence-corrected chi connectivity index (χ4v) is 9.92. The van der Waals surface area contributed by atoms with Crippen LogP contribution in [0.3, 0.4) is 0 Å². The van der Waals surface area contributed by atoms with Crippen molar-refractivity contribution in [3.63, 3.8) is 0 Å². The topological polar surface area (TPSA) is 114 Å². The van der Waals surface area contributed by atoms with Crippen molar-refractivity contribution in [2.24, 2.45) is 47.3 Å². The van der Waals surface area contributed by atoms with Gasteiger partial charge >= 0.3 is 0 Å². The van der Waals surface area contributed by atoms with E-state index in [1.165, 1.54) is 0 Å².